The van der Waals surface area contributed by atoms with Crippen molar-refractivity contribution in [1.29, 1.82) is 0 Å². The maximum atomic E-state index is 2.20. The normalized spacial score (nSPS) is 21.2. The molecule has 1 nitrogen and oxygen atoms in total. The second-order valence-corrected chi connectivity index (χ2v) is 2.59. The lowest BCUT2D eigenvalue weighted by molar-refractivity contribution is -0.297. The van der Waals surface area contributed by atoms with Crippen LogP contribution in [-0.2, 0) is 0 Å². The van der Waals surface area contributed by atoms with E-state index >= 15 is 0 Å². The Bertz CT molecular complexity index is 77.6. The molecule has 1 rings (SSSR count). The molecular weight excluding hydrogens is 94.1 g/mol. The molecule has 0 spiro atoms. The molecule has 0 atom stereocenters. The van der Waals surface area contributed by atoms with Crippen molar-refractivity contribution in [1.82, 2.24) is 0 Å². The molecule has 0 radical (unpaired) electrons. The van der Waals surface area contributed by atoms with Crippen molar-refractivity contribution in [3.05, 3.63) is 0 Å². The van der Waals surface area contributed by atoms with Crippen LogP contribution in [0.3, 0.4) is 0 Å². The predicted molar refractivity (Wildman–Crippen MR) is 29.3 cm³/mol. The molecule has 0 aromatic carbocycles. The molecular formula is C4H8NS+. The van der Waals surface area contributed by atoms with Gasteiger partial charge in [-0.15, -0.1) is 0 Å². The van der Waals surface area contributed by atoms with E-state index in [1.807, 2.05) is 11.9 Å². The highest BCUT2D eigenvalue weighted by Crippen LogP contribution is 2.06. The highest BCUT2D eigenvalue weighted by molar-refractivity contribution is 7.93. The fraction of sp³-hybridized carbons (Fsp3) is 0.750. The van der Waals surface area contributed by atoms with E-state index in [9.17, 15) is 0 Å². The van der Waals surface area contributed by atoms with Gasteiger partial charge in [0, 0.05) is 6.42 Å². The van der Waals surface area contributed by atoms with Gasteiger partial charge < -0.3 is 0 Å². The number of rotatable bonds is 0. The highest BCUT2D eigenvalue weighted by atomic mass is 32.2. The lowest BCUT2D eigenvalue weighted by atomic mass is 10.5. The fourth-order valence-electron chi connectivity index (χ4n) is 0.484. The van der Waals surface area contributed by atoms with Crippen molar-refractivity contribution in [3.8, 4) is 0 Å². The van der Waals surface area contributed by atoms with Crippen molar-refractivity contribution in [3.63, 3.8) is 0 Å². The van der Waals surface area contributed by atoms with E-state index in [2.05, 4.69) is 17.2 Å². The predicted octanol–water partition coefficient (Wildman–Crippen LogP) is 0.751. The van der Waals surface area contributed by atoms with Gasteiger partial charge in [0.2, 0.25) is 0 Å². The van der Waals surface area contributed by atoms with Crippen molar-refractivity contribution in [2.24, 2.45) is 0 Å². The van der Waals surface area contributed by atoms with Gasteiger partial charge in [-0.25, -0.2) is 0 Å². The smallest absolute Gasteiger partial charge is 0.158 e. The molecule has 0 aromatic rings. The van der Waals surface area contributed by atoms with Crippen LogP contribution in [0.1, 0.15) is 6.42 Å². The first-order valence-electron chi connectivity index (χ1n) is 2.08. The van der Waals surface area contributed by atoms with E-state index < -0.39 is 0 Å². The van der Waals surface area contributed by atoms with Crippen LogP contribution in [0.2, 0.25) is 0 Å². The molecule has 1 heterocycles. The zero-order chi connectivity index (χ0) is 4.41. The molecule has 0 aromatic heterocycles. The van der Waals surface area contributed by atoms with Crippen LogP contribution in [-0.4, -0.2) is 23.0 Å². The van der Waals surface area contributed by atoms with Gasteiger partial charge in [0.05, 0.1) is 5.75 Å². The molecule has 0 unspecified atom stereocenters. The second kappa shape index (κ2) is 1.65. The first kappa shape index (κ1) is 4.19. The molecule has 1 aliphatic heterocycles. The van der Waals surface area contributed by atoms with Gasteiger partial charge in [-0.05, 0) is 0 Å². The Morgan fingerprint density at radius 1 is 1.83 bits per heavy atom. The van der Waals surface area contributed by atoms with Gasteiger partial charge in [-0.1, -0.05) is 0 Å². The molecule has 0 aliphatic carbocycles. The summed E-state index contributed by atoms with van der Waals surface area (Å²) in [7, 11) is 2.08. The lowest BCUT2D eigenvalue weighted by Gasteiger charge is -1.73. The summed E-state index contributed by atoms with van der Waals surface area (Å²) in [6, 6.07) is 0. The molecule has 2 heteroatoms. The summed E-state index contributed by atoms with van der Waals surface area (Å²) < 4.78 is 2.15. The van der Waals surface area contributed by atoms with Gasteiger partial charge in [-0.3, -0.25) is 0 Å². The van der Waals surface area contributed by atoms with Crippen LogP contribution in [0.15, 0.2) is 0 Å². The van der Waals surface area contributed by atoms with Gasteiger partial charge in [-0.2, -0.15) is 3.98 Å². The summed E-state index contributed by atoms with van der Waals surface area (Å²) in [5.74, 6) is 1.27. The number of hydrogen-bond donors (Lipinski definition) is 0. The first-order valence-corrected chi connectivity index (χ1v) is 3.03. The average Bonchev–Trinajstić information content (AvgIpc) is 1.86. The third kappa shape index (κ3) is 0.744. The Morgan fingerprint density at radius 3 is 2.83 bits per heavy atom. The minimum atomic E-state index is 1.25. The zero-order valence-electron chi connectivity index (χ0n) is 3.85. The summed E-state index contributed by atoms with van der Waals surface area (Å²) in [6.45, 7) is 0. The Morgan fingerprint density at radius 2 is 2.67 bits per heavy atom. The van der Waals surface area contributed by atoms with Crippen LogP contribution in [0.4, 0.5) is 0 Å². The third-order valence-electron chi connectivity index (χ3n) is 0.799. The molecule has 34 valence electrons. The average molecular weight is 102 g/mol. The van der Waals surface area contributed by atoms with Crippen LogP contribution in [0.5, 0.6) is 0 Å². The first-order chi connectivity index (χ1) is 2.89. The van der Waals surface area contributed by atoms with Gasteiger partial charge in [0.25, 0.3) is 0 Å². The Kier molecular flexibility index (Phi) is 1.15. The van der Waals surface area contributed by atoms with Crippen molar-refractivity contribution >= 4 is 18.2 Å². The number of nitrogens with zero attached hydrogens (tertiary/aromatic N) is 1. The maximum Gasteiger partial charge on any atom is 0.158 e. The molecule has 0 bridgehead atoms. The third-order valence-corrected chi connectivity index (χ3v) is 1.77. The molecule has 0 saturated heterocycles. The summed E-state index contributed by atoms with van der Waals surface area (Å²) in [5, 5.41) is 0. The largest absolute Gasteiger partial charge is 0.172 e. The molecule has 1 aliphatic rings. The Labute approximate surface area is 42.2 Å². The van der Waals surface area contributed by atoms with Crippen LogP contribution in [0, 0.1) is 0 Å². The fourth-order valence-corrected chi connectivity index (χ4v) is 1.19. The van der Waals surface area contributed by atoms with Crippen LogP contribution in [0.25, 0.3) is 0 Å². The standard InChI is InChI=1S/C4H8NS/c1-5-3-2-4-6-5/h3H,2,4H2,1H3/q+1. The van der Waals surface area contributed by atoms with Gasteiger partial charge in [0.15, 0.2) is 18.2 Å². The highest BCUT2D eigenvalue weighted by Gasteiger charge is 2.05. The lowest BCUT2D eigenvalue weighted by Crippen LogP contribution is -1.84. The van der Waals surface area contributed by atoms with Gasteiger partial charge >= 0.3 is 0 Å². The van der Waals surface area contributed by atoms with Crippen molar-refractivity contribution < 1.29 is 3.98 Å². The SMILES string of the molecule is C[N+]1=CCCS1. The molecule has 0 fully saturated rings. The molecule has 0 N–H and O–H groups in total. The summed E-state index contributed by atoms with van der Waals surface area (Å²) in [6.07, 6.45) is 3.45. The topological polar surface area (TPSA) is 3.01 Å². The van der Waals surface area contributed by atoms with Crippen LogP contribution < -0.4 is 0 Å². The maximum absolute atomic E-state index is 2.20. The molecule has 6 heavy (non-hydrogen) atoms. The van der Waals surface area contributed by atoms with E-state index in [1.54, 1.807) is 0 Å². The molecule has 0 saturated carbocycles. The van der Waals surface area contributed by atoms with Crippen LogP contribution >= 0.6 is 11.9 Å². The van der Waals surface area contributed by atoms with E-state index in [4.69, 9.17) is 0 Å². The van der Waals surface area contributed by atoms with Gasteiger partial charge in [0.1, 0.15) is 7.05 Å². The monoisotopic (exact) mass is 102 g/mol. The Balaban J connectivity index is 2.45. The summed E-state index contributed by atoms with van der Waals surface area (Å²) in [5.41, 5.74) is 0. The Hall–Kier alpha value is 0.0200. The molecule has 0 amide bonds. The van der Waals surface area contributed by atoms with Crippen molar-refractivity contribution in [2.75, 3.05) is 12.8 Å². The zero-order valence-corrected chi connectivity index (χ0v) is 4.66. The quantitative estimate of drug-likeness (QED) is 0.322. The number of hydrogen-bond acceptors (Lipinski definition) is 1. The minimum absolute atomic E-state index is 1.25. The van der Waals surface area contributed by atoms with E-state index in [1.165, 1.54) is 12.2 Å². The van der Waals surface area contributed by atoms with E-state index in [-0.39, 0.29) is 0 Å². The minimum Gasteiger partial charge on any atom is -0.172 e. The van der Waals surface area contributed by atoms with E-state index in [0.717, 1.165) is 0 Å². The van der Waals surface area contributed by atoms with E-state index in [0.29, 0.717) is 0 Å². The summed E-state index contributed by atoms with van der Waals surface area (Å²) in [4.78, 5) is 0. The van der Waals surface area contributed by atoms with Crippen molar-refractivity contribution in [2.45, 2.75) is 6.42 Å². The second-order valence-electron chi connectivity index (χ2n) is 1.35. The summed E-state index contributed by atoms with van der Waals surface area (Å²) >= 11 is 1.87.